The van der Waals surface area contributed by atoms with E-state index in [1.165, 1.54) is 0 Å². The fourth-order valence-electron chi connectivity index (χ4n) is 4.73. The van der Waals surface area contributed by atoms with Gasteiger partial charge in [-0.3, -0.25) is 0 Å². The highest BCUT2D eigenvalue weighted by molar-refractivity contribution is 5.91. The Morgan fingerprint density at radius 3 is 2.83 bits per heavy atom. The lowest BCUT2D eigenvalue weighted by molar-refractivity contribution is -0.140. The highest BCUT2D eigenvalue weighted by Gasteiger charge is 2.63. The summed E-state index contributed by atoms with van der Waals surface area (Å²) in [6, 6.07) is 0. The van der Waals surface area contributed by atoms with E-state index in [0.29, 0.717) is 11.5 Å². The van der Waals surface area contributed by atoms with Crippen LogP contribution in [0.2, 0.25) is 0 Å². The number of hydrogen-bond donors (Lipinski definition) is 1. The van der Waals surface area contributed by atoms with E-state index in [4.69, 9.17) is 4.74 Å². The van der Waals surface area contributed by atoms with Crippen LogP contribution in [0, 0.1) is 22.7 Å². The smallest absolute Gasteiger partial charge is 0.334 e. The highest BCUT2D eigenvalue weighted by Crippen LogP contribution is 2.66. The molecule has 18 heavy (non-hydrogen) atoms. The standard InChI is InChI=1S/C15H22O3/c1-9-4-5-14(3,8-16)15(9)6-11-10(2)13(17)18-12(11)7-15/h9,11-12,16H,2,4-8H2,1,3H3. The molecule has 1 N–H and O–H groups in total. The summed E-state index contributed by atoms with van der Waals surface area (Å²) in [4.78, 5) is 11.5. The van der Waals surface area contributed by atoms with Crippen molar-refractivity contribution in [3.8, 4) is 0 Å². The lowest BCUT2D eigenvalue weighted by Crippen LogP contribution is -2.40. The van der Waals surface area contributed by atoms with Gasteiger partial charge >= 0.3 is 5.97 Å². The van der Waals surface area contributed by atoms with Gasteiger partial charge in [-0.05, 0) is 42.4 Å². The minimum Gasteiger partial charge on any atom is -0.458 e. The average Bonchev–Trinajstić information content (AvgIpc) is 2.92. The largest absolute Gasteiger partial charge is 0.458 e. The zero-order valence-electron chi connectivity index (χ0n) is 11.2. The van der Waals surface area contributed by atoms with Gasteiger partial charge in [0.1, 0.15) is 6.10 Å². The van der Waals surface area contributed by atoms with Crippen LogP contribution in [-0.4, -0.2) is 23.8 Å². The Morgan fingerprint density at radius 1 is 1.50 bits per heavy atom. The van der Waals surface area contributed by atoms with Gasteiger partial charge in [-0.2, -0.15) is 0 Å². The average molecular weight is 250 g/mol. The number of fused-ring (bicyclic) bond motifs is 1. The molecule has 0 amide bonds. The molecule has 1 spiro atoms. The molecule has 3 aliphatic rings. The molecule has 0 bridgehead atoms. The number of rotatable bonds is 1. The molecule has 5 unspecified atom stereocenters. The normalized spacial score (nSPS) is 50.9. The number of hydrogen-bond acceptors (Lipinski definition) is 3. The summed E-state index contributed by atoms with van der Waals surface area (Å²) >= 11 is 0. The van der Waals surface area contributed by atoms with Gasteiger partial charge in [0.25, 0.3) is 0 Å². The van der Waals surface area contributed by atoms with Crippen LogP contribution in [0.1, 0.15) is 39.5 Å². The first-order valence-electron chi connectivity index (χ1n) is 6.94. The zero-order valence-corrected chi connectivity index (χ0v) is 11.2. The van der Waals surface area contributed by atoms with Crippen molar-refractivity contribution in [3.05, 3.63) is 12.2 Å². The van der Waals surface area contributed by atoms with Crippen LogP contribution in [-0.2, 0) is 9.53 Å². The summed E-state index contributed by atoms with van der Waals surface area (Å²) in [5.74, 6) is 0.562. The molecule has 3 fully saturated rings. The molecular weight excluding hydrogens is 228 g/mol. The number of aliphatic hydroxyl groups excluding tert-OH is 1. The summed E-state index contributed by atoms with van der Waals surface area (Å²) in [5.41, 5.74) is 0.751. The van der Waals surface area contributed by atoms with Gasteiger partial charge in [0.15, 0.2) is 0 Å². The van der Waals surface area contributed by atoms with Gasteiger partial charge in [-0.25, -0.2) is 4.79 Å². The van der Waals surface area contributed by atoms with Crippen LogP contribution in [0.15, 0.2) is 12.2 Å². The van der Waals surface area contributed by atoms with Crippen LogP contribution in [0.4, 0.5) is 0 Å². The van der Waals surface area contributed by atoms with Gasteiger partial charge in [-0.1, -0.05) is 20.4 Å². The monoisotopic (exact) mass is 250 g/mol. The van der Waals surface area contributed by atoms with E-state index in [0.717, 1.165) is 25.7 Å². The van der Waals surface area contributed by atoms with E-state index in [-0.39, 0.29) is 35.4 Å². The van der Waals surface area contributed by atoms with Crippen molar-refractivity contribution in [2.75, 3.05) is 6.61 Å². The molecule has 0 radical (unpaired) electrons. The van der Waals surface area contributed by atoms with Crippen molar-refractivity contribution < 1.29 is 14.6 Å². The first-order valence-corrected chi connectivity index (χ1v) is 6.94. The molecule has 0 aromatic carbocycles. The summed E-state index contributed by atoms with van der Waals surface area (Å²) in [5, 5.41) is 9.82. The van der Waals surface area contributed by atoms with E-state index in [9.17, 15) is 9.90 Å². The molecule has 3 nitrogen and oxygen atoms in total. The van der Waals surface area contributed by atoms with Gasteiger partial charge in [0.2, 0.25) is 0 Å². The Labute approximate surface area is 108 Å². The van der Waals surface area contributed by atoms with E-state index >= 15 is 0 Å². The van der Waals surface area contributed by atoms with Crippen molar-refractivity contribution in [1.29, 1.82) is 0 Å². The number of carbonyl (C=O) groups is 1. The van der Waals surface area contributed by atoms with Crippen molar-refractivity contribution >= 4 is 5.97 Å². The minimum atomic E-state index is -0.212. The Kier molecular flexibility index (Phi) is 2.44. The summed E-state index contributed by atoms with van der Waals surface area (Å²) < 4.78 is 5.45. The fourth-order valence-corrected chi connectivity index (χ4v) is 4.73. The third-order valence-corrected chi connectivity index (χ3v) is 6.19. The number of esters is 1. The second-order valence-corrected chi connectivity index (χ2v) is 6.80. The summed E-state index contributed by atoms with van der Waals surface area (Å²) in [6.07, 6.45) is 4.11. The predicted octanol–water partition coefficient (Wildman–Crippen LogP) is 2.29. The second-order valence-electron chi connectivity index (χ2n) is 6.80. The zero-order chi connectivity index (χ0) is 13.1. The van der Waals surface area contributed by atoms with Crippen LogP contribution in [0.5, 0.6) is 0 Å². The SMILES string of the molecule is C=C1C(=O)OC2CC3(CC12)C(C)CCC3(C)CO. The van der Waals surface area contributed by atoms with Crippen molar-refractivity contribution in [2.24, 2.45) is 22.7 Å². The number of carbonyl (C=O) groups excluding carboxylic acids is 1. The fraction of sp³-hybridized carbons (Fsp3) is 0.800. The second kappa shape index (κ2) is 3.60. The number of ether oxygens (including phenoxy) is 1. The van der Waals surface area contributed by atoms with Crippen LogP contribution in [0.3, 0.4) is 0 Å². The van der Waals surface area contributed by atoms with Crippen LogP contribution < -0.4 is 0 Å². The maximum atomic E-state index is 11.5. The van der Waals surface area contributed by atoms with E-state index in [2.05, 4.69) is 20.4 Å². The van der Waals surface area contributed by atoms with E-state index < -0.39 is 0 Å². The van der Waals surface area contributed by atoms with Gasteiger partial charge < -0.3 is 9.84 Å². The molecule has 1 heterocycles. The first kappa shape index (κ1) is 12.2. The Bertz CT molecular complexity index is 416. The molecule has 2 aliphatic carbocycles. The molecule has 5 atom stereocenters. The van der Waals surface area contributed by atoms with Gasteiger partial charge in [-0.15, -0.1) is 0 Å². The molecule has 0 aromatic heterocycles. The third kappa shape index (κ3) is 1.26. The van der Waals surface area contributed by atoms with Gasteiger partial charge in [0.05, 0.1) is 0 Å². The van der Waals surface area contributed by atoms with E-state index in [1.807, 2.05) is 0 Å². The highest BCUT2D eigenvalue weighted by atomic mass is 16.6. The van der Waals surface area contributed by atoms with Crippen molar-refractivity contribution in [2.45, 2.75) is 45.6 Å². The minimum absolute atomic E-state index is 0.0106. The summed E-state index contributed by atoms with van der Waals surface area (Å²) in [7, 11) is 0. The Morgan fingerprint density at radius 2 is 2.22 bits per heavy atom. The first-order chi connectivity index (χ1) is 8.43. The molecule has 3 rings (SSSR count). The van der Waals surface area contributed by atoms with Crippen molar-refractivity contribution in [3.63, 3.8) is 0 Å². The maximum Gasteiger partial charge on any atom is 0.334 e. The maximum absolute atomic E-state index is 11.5. The van der Waals surface area contributed by atoms with Crippen LogP contribution >= 0.6 is 0 Å². The molecule has 0 aromatic rings. The summed E-state index contributed by atoms with van der Waals surface area (Å²) in [6.45, 7) is 8.61. The molecule has 3 heteroatoms. The number of aliphatic hydroxyl groups is 1. The molecule has 1 aliphatic heterocycles. The lowest BCUT2D eigenvalue weighted by atomic mass is 9.62. The molecule has 100 valence electrons. The topological polar surface area (TPSA) is 46.5 Å². The Balaban J connectivity index is 1.95. The van der Waals surface area contributed by atoms with E-state index in [1.54, 1.807) is 0 Å². The third-order valence-electron chi connectivity index (χ3n) is 6.19. The van der Waals surface area contributed by atoms with Gasteiger partial charge in [0, 0.05) is 18.1 Å². The Hall–Kier alpha value is -0.830. The predicted molar refractivity (Wildman–Crippen MR) is 67.8 cm³/mol. The molecular formula is C15H22O3. The quantitative estimate of drug-likeness (QED) is 0.574. The lowest BCUT2D eigenvalue weighted by Gasteiger charge is -2.43. The molecule has 1 saturated heterocycles. The van der Waals surface area contributed by atoms with Crippen molar-refractivity contribution in [1.82, 2.24) is 0 Å². The molecule has 2 saturated carbocycles. The van der Waals surface area contributed by atoms with Crippen LogP contribution in [0.25, 0.3) is 0 Å².